The molecule has 0 radical (unpaired) electrons. The number of fused-ring (bicyclic) bond motifs is 3. The average Bonchev–Trinajstić information content (AvgIpc) is 3.30. The molecule has 1 aliphatic carbocycles. The molecule has 0 N–H and O–H groups in total. The minimum absolute atomic E-state index is 0.0790. The lowest BCUT2D eigenvalue weighted by Crippen LogP contribution is -2.39. The Morgan fingerprint density at radius 3 is 2.78 bits per heavy atom. The molecule has 0 amide bonds. The molecular weight excluding hydrogens is 386 g/mol. The first-order valence-corrected chi connectivity index (χ1v) is 12.0. The van der Waals surface area contributed by atoms with Crippen molar-refractivity contribution in [2.24, 2.45) is 5.92 Å². The van der Waals surface area contributed by atoms with Gasteiger partial charge in [0.2, 0.25) is 0 Å². The monoisotopic (exact) mass is 411 g/mol. The fourth-order valence-corrected chi connectivity index (χ4v) is 5.71. The Labute approximate surface area is 163 Å². The first-order valence-electron chi connectivity index (χ1n) is 9.28. The van der Waals surface area contributed by atoms with Crippen molar-refractivity contribution in [1.82, 2.24) is 9.97 Å². The van der Waals surface area contributed by atoms with Crippen molar-refractivity contribution < 1.29 is 17.3 Å². The lowest BCUT2D eigenvalue weighted by molar-refractivity contribution is 0.0101. The molecule has 3 atom stereocenters. The number of anilines is 1. The molecule has 4 rings (SSSR count). The van der Waals surface area contributed by atoms with E-state index in [4.69, 9.17) is 8.92 Å². The van der Waals surface area contributed by atoms with Crippen molar-refractivity contribution in [2.75, 3.05) is 30.9 Å². The number of ether oxygens (including phenoxy) is 1. The van der Waals surface area contributed by atoms with Crippen molar-refractivity contribution in [3.63, 3.8) is 0 Å². The molecule has 2 fully saturated rings. The predicted octanol–water partition coefficient (Wildman–Crippen LogP) is 2.77. The van der Waals surface area contributed by atoms with E-state index in [2.05, 4.69) is 34.1 Å². The van der Waals surface area contributed by atoms with Gasteiger partial charge in [-0.2, -0.15) is 8.42 Å². The van der Waals surface area contributed by atoms with Crippen LogP contribution in [0, 0.1) is 5.92 Å². The Morgan fingerprint density at radius 1 is 1.30 bits per heavy atom. The van der Waals surface area contributed by atoms with E-state index < -0.39 is 10.1 Å². The van der Waals surface area contributed by atoms with Crippen molar-refractivity contribution in [3.05, 3.63) is 17.3 Å². The summed E-state index contributed by atoms with van der Waals surface area (Å²) in [6.07, 6.45) is 4.92. The van der Waals surface area contributed by atoms with Gasteiger partial charge in [0, 0.05) is 18.5 Å². The van der Waals surface area contributed by atoms with Crippen LogP contribution in [-0.2, 0) is 19.0 Å². The van der Waals surface area contributed by atoms with Crippen molar-refractivity contribution in [3.8, 4) is 0 Å². The number of nitrogens with zero attached hydrogens (tertiary/aromatic N) is 3. The molecule has 3 heterocycles. The standard InChI is InChI=1S/C18H25N3O4S2/c1-11(2)14-9-26-18-16(14)17(19-10-20-18)21-8-12-6-13(21)7-15(12)24-4-5-25-27(3,22)23/h9-13,15H,4-8H2,1-3H3. The lowest BCUT2D eigenvalue weighted by atomic mass is 10.0. The second kappa shape index (κ2) is 7.27. The third kappa shape index (κ3) is 3.83. The van der Waals surface area contributed by atoms with Gasteiger partial charge >= 0.3 is 0 Å². The lowest BCUT2D eigenvalue weighted by Gasteiger charge is -2.33. The molecule has 1 saturated carbocycles. The van der Waals surface area contributed by atoms with Gasteiger partial charge in [-0.25, -0.2) is 9.97 Å². The van der Waals surface area contributed by atoms with Crippen LogP contribution < -0.4 is 4.90 Å². The second-order valence-corrected chi connectivity index (χ2v) is 10.2. The number of thiophene rings is 1. The largest absolute Gasteiger partial charge is 0.375 e. The van der Waals surface area contributed by atoms with E-state index >= 15 is 0 Å². The van der Waals surface area contributed by atoms with Crippen LogP contribution in [0.1, 0.15) is 38.2 Å². The quantitative estimate of drug-likeness (QED) is 0.512. The molecule has 1 saturated heterocycles. The van der Waals surface area contributed by atoms with Crippen LogP contribution in [0.15, 0.2) is 11.7 Å². The van der Waals surface area contributed by atoms with E-state index in [0.717, 1.165) is 36.3 Å². The first kappa shape index (κ1) is 19.0. The minimum Gasteiger partial charge on any atom is -0.375 e. The highest BCUT2D eigenvalue weighted by Gasteiger charge is 2.46. The molecule has 2 aromatic rings. The highest BCUT2D eigenvalue weighted by molar-refractivity contribution is 7.85. The van der Waals surface area contributed by atoms with Crippen LogP contribution >= 0.6 is 11.3 Å². The maximum Gasteiger partial charge on any atom is 0.264 e. The zero-order valence-electron chi connectivity index (χ0n) is 15.8. The van der Waals surface area contributed by atoms with E-state index in [1.165, 1.54) is 10.9 Å². The molecule has 27 heavy (non-hydrogen) atoms. The summed E-state index contributed by atoms with van der Waals surface area (Å²) in [5.74, 6) is 1.94. The zero-order chi connectivity index (χ0) is 19.2. The van der Waals surface area contributed by atoms with Gasteiger partial charge in [-0.3, -0.25) is 4.18 Å². The molecule has 1 aliphatic heterocycles. The summed E-state index contributed by atoms with van der Waals surface area (Å²) in [5.41, 5.74) is 1.32. The van der Waals surface area contributed by atoms with Crippen LogP contribution in [0.25, 0.3) is 10.2 Å². The Hall–Kier alpha value is -1.29. The molecule has 2 bridgehead atoms. The van der Waals surface area contributed by atoms with E-state index in [-0.39, 0.29) is 12.7 Å². The van der Waals surface area contributed by atoms with Gasteiger partial charge < -0.3 is 9.64 Å². The van der Waals surface area contributed by atoms with Crippen molar-refractivity contribution in [2.45, 2.75) is 44.8 Å². The Balaban J connectivity index is 1.44. The fourth-order valence-electron chi connectivity index (χ4n) is 4.28. The molecular formula is C18H25N3O4S2. The number of rotatable bonds is 7. The molecule has 2 aliphatic rings. The Morgan fingerprint density at radius 2 is 2.11 bits per heavy atom. The molecule has 2 aromatic heterocycles. The summed E-state index contributed by atoms with van der Waals surface area (Å²) in [4.78, 5) is 12.6. The number of hydrogen-bond donors (Lipinski definition) is 0. The maximum absolute atomic E-state index is 11.0. The number of hydrogen-bond acceptors (Lipinski definition) is 8. The first-order chi connectivity index (χ1) is 12.8. The van der Waals surface area contributed by atoms with E-state index in [0.29, 0.717) is 24.5 Å². The topological polar surface area (TPSA) is 81.6 Å². The van der Waals surface area contributed by atoms with Crippen molar-refractivity contribution >= 4 is 37.5 Å². The molecule has 9 heteroatoms. The van der Waals surface area contributed by atoms with Gasteiger partial charge in [-0.1, -0.05) is 13.8 Å². The van der Waals surface area contributed by atoms with Gasteiger partial charge in [0.15, 0.2) is 0 Å². The summed E-state index contributed by atoms with van der Waals surface area (Å²) >= 11 is 1.69. The van der Waals surface area contributed by atoms with Gasteiger partial charge in [-0.15, -0.1) is 11.3 Å². The molecule has 0 aromatic carbocycles. The van der Waals surface area contributed by atoms with Crippen LogP contribution in [0.5, 0.6) is 0 Å². The van der Waals surface area contributed by atoms with Gasteiger partial charge in [0.1, 0.15) is 17.0 Å². The molecule has 7 nitrogen and oxygen atoms in total. The maximum atomic E-state index is 11.0. The smallest absolute Gasteiger partial charge is 0.264 e. The summed E-state index contributed by atoms with van der Waals surface area (Å²) < 4.78 is 32.7. The van der Waals surface area contributed by atoms with E-state index in [9.17, 15) is 8.42 Å². The predicted molar refractivity (Wildman–Crippen MR) is 106 cm³/mol. The average molecular weight is 412 g/mol. The van der Waals surface area contributed by atoms with Crippen LogP contribution in [0.2, 0.25) is 0 Å². The second-order valence-electron chi connectivity index (χ2n) is 7.70. The summed E-state index contributed by atoms with van der Waals surface area (Å²) in [5, 5.41) is 3.40. The van der Waals surface area contributed by atoms with Gasteiger partial charge in [0.05, 0.1) is 31.0 Å². The van der Waals surface area contributed by atoms with Crippen molar-refractivity contribution in [1.29, 1.82) is 0 Å². The third-order valence-corrected chi connectivity index (χ3v) is 6.96. The van der Waals surface area contributed by atoms with Crippen LogP contribution in [0.3, 0.4) is 0 Å². The number of piperidine rings is 1. The fraction of sp³-hybridized carbons (Fsp3) is 0.667. The molecule has 3 unspecified atom stereocenters. The highest BCUT2D eigenvalue weighted by atomic mass is 32.2. The van der Waals surface area contributed by atoms with Crippen LogP contribution in [-0.4, -0.2) is 56.5 Å². The van der Waals surface area contributed by atoms with Gasteiger partial charge in [-0.05, 0) is 29.7 Å². The SMILES string of the molecule is CC(C)c1csc2ncnc(N3CC4CC3CC4OCCOS(C)(=O)=O)c12. The Bertz CT molecular complexity index is 928. The van der Waals surface area contributed by atoms with Crippen LogP contribution in [0.4, 0.5) is 5.82 Å². The minimum atomic E-state index is -3.40. The Kier molecular flexibility index (Phi) is 5.13. The summed E-state index contributed by atoms with van der Waals surface area (Å²) in [6, 6.07) is 0.411. The summed E-state index contributed by atoms with van der Waals surface area (Å²) in [6.45, 7) is 5.71. The third-order valence-electron chi connectivity index (χ3n) is 5.46. The highest BCUT2D eigenvalue weighted by Crippen LogP contribution is 2.44. The summed E-state index contributed by atoms with van der Waals surface area (Å²) in [7, 11) is -3.40. The van der Waals surface area contributed by atoms with Gasteiger partial charge in [0.25, 0.3) is 10.1 Å². The molecule has 148 valence electrons. The van der Waals surface area contributed by atoms with E-state index in [1.54, 1.807) is 17.7 Å². The normalized spacial score (nSPS) is 25.2. The zero-order valence-corrected chi connectivity index (χ0v) is 17.4. The number of aromatic nitrogens is 2. The molecule has 0 spiro atoms. The van der Waals surface area contributed by atoms with E-state index in [1.807, 2.05) is 0 Å².